The molecule has 0 amide bonds. The van der Waals surface area contributed by atoms with E-state index in [0.29, 0.717) is 17.9 Å². The van der Waals surface area contributed by atoms with Crippen LogP contribution in [0.5, 0.6) is 0 Å². The molecule has 8 heteroatoms. The Labute approximate surface area is 108 Å². The van der Waals surface area contributed by atoms with Crippen molar-refractivity contribution < 1.29 is 9.90 Å². The fourth-order valence-electron chi connectivity index (χ4n) is 1.77. The van der Waals surface area contributed by atoms with Gasteiger partial charge in [-0.2, -0.15) is 0 Å². The van der Waals surface area contributed by atoms with Gasteiger partial charge in [0.25, 0.3) is 0 Å². The highest BCUT2D eigenvalue weighted by Gasteiger charge is 2.15. The molecule has 0 aliphatic carbocycles. The average molecular weight is 263 g/mol. The van der Waals surface area contributed by atoms with Crippen molar-refractivity contribution in [1.82, 2.24) is 25.2 Å². The van der Waals surface area contributed by atoms with Gasteiger partial charge in [0, 0.05) is 31.4 Å². The molecule has 100 valence electrons. The first-order chi connectivity index (χ1) is 9.08. The Bertz CT molecular complexity index is 633. The Morgan fingerprint density at radius 1 is 1.58 bits per heavy atom. The topological polar surface area (TPSA) is 114 Å². The molecule has 1 atom stereocenters. The second kappa shape index (κ2) is 5.42. The van der Waals surface area contributed by atoms with Gasteiger partial charge in [-0.25, -0.2) is 4.68 Å². The number of aromatic amines is 1. The summed E-state index contributed by atoms with van der Waals surface area (Å²) in [5, 5.41) is 19.9. The Hall–Kier alpha value is -2.51. The second-order valence-corrected chi connectivity index (χ2v) is 4.31. The molecule has 0 saturated heterocycles. The van der Waals surface area contributed by atoms with Crippen LogP contribution in [0, 0.1) is 5.92 Å². The number of aromatic nitrogens is 5. The molecule has 0 radical (unpaired) electrons. The highest BCUT2D eigenvalue weighted by Crippen LogP contribution is 2.12. The zero-order valence-corrected chi connectivity index (χ0v) is 10.3. The molecule has 8 nitrogen and oxygen atoms in total. The van der Waals surface area contributed by atoms with E-state index in [-0.39, 0.29) is 17.8 Å². The molecule has 0 spiro atoms. The Morgan fingerprint density at radius 2 is 2.37 bits per heavy atom. The first-order valence-corrected chi connectivity index (χ1v) is 5.73. The van der Waals surface area contributed by atoms with E-state index < -0.39 is 5.97 Å². The fourth-order valence-corrected chi connectivity index (χ4v) is 1.77. The molecular formula is C11H13N5O3. The van der Waals surface area contributed by atoms with Crippen LogP contribution in [-0.2, 0) is 11.3 Å². The third-order valence-corrected chi connectivity index (χ3v) is 2.60. The minimum atomic E-state index is -0.875. The van der Waals surface area contributed by atoms with Crippen LogP contribution in [0.15, 0.2) is 23.3 Å². The Kier molecular flexibility index (Phi) is 3.69. The maximum atomic E-state index is 11.7. The standard InChI is InChI=1S/C11H13N5O3/c1-7(4-10(18)19)6-16-11(13-14-15-16)8-5-12-3-2-9(8)17/h2-3,5,7H,4,6H2,1H3,(H,12,17)(H,18,19). The Balaban J connectivity index is 2.26. The number of hydrogen-bond donors (Lipinski definition) is 2. The molecule has 2 aromatic rings. The minimum Gasteiger partial charge on any atom is -0.481 e. The van der Waals surface area contributed by atoms with Crippen molar-refractivity contribution in [3.05, 3.63) is 28.7 Å². The van der Waals surface area contributed by atoms with Gasteiger partial charge in [0.15, 0.2) is 11.3 Å². The number of rotatable bonds is 5. The van der Waals surface area contributed by atoms with Crippen LogP contribution in [0.1, 0.15) is 13.3 Å². The highest BCUT2D eigenvalue weighted by molar-refractivity contribution is 5.66. The van der Waals surface area contributed by atoms with Crippen LogP contribution < -0.4 is 5.43 Å². The summed E-state index contributed by atoms with van der Waals surface area (Å²) < 4.78 is 1.44. The lowest BCUT2D eigenvalue weighted by molar-refractivity contribution is -0.138. The summed E-state index contributed by atoms with van der Waals surface area (Å²) in [4.78, 5) is 25.1. The summed E-state index contributed by atoms with van der Waals surface area (Å²) >= 11 is 0. The number of carboxylic acids is 1. The molecule has 2 heterocycles. The van der Waals surface area contributed by atoms with Gasteiger partial charge in [-0.15, -0.1) is 5.10 Å². The largest absolute Gasteiger partial charge is 0.481 e. The van der Waals surface area contributed by atoms with Crippen molar-refractivity contribution >= 4 is 5.97 Å². The number of carboxylic acid groups (broad SMARTS) is 1. The molecular weight excluding hydrogens is 250 g/mol. The normalized spacial score (nSPS) is 12.3. The van der Waals surface area contributed by atoms with E-state index in [0.717, 1.165) is 0 Å². The predicted molar refractivity (Wildman–Crippen MR) is 65.3 cm³/mol. The van der Waals surface area contributed by atoms with E-state index in [1.165, 1.54) is 23.1 Å². The summed E-state index contributed by atoms with van der Waals surface area (Å²) in [6.07, 6.45) is 3.06. The molecule has 19 heavy (non-hydrogen) atoms. The molecule has 1 unspecified atom stereocenters. The predicted octanol–water partition coefficient (Wildman–Crippen LogP) is 0.139. The second-order valence-electron chi connectivity index (χ2n) is 4.31. The SMILES string of the molecule is CC(CC(=O)O)Cn1nnnc1-c1c[nH]ccc1=O. The number of carbonyl (C=O) groups is 1. The lowest BCUT2D eigenvalue weighted by atomic mass is 10.1. The molecule has 0 bridgehead atoms. The van der Waals surface area contributed by atoms with Crippen LogP contribution >= 0.6 is 0 Å². The lowest BCUT2D eigenvalue weighted by Crippen LogP contribution is -2.16. The summed E-state index contributed by atoms with van der Waals surface area (Å²) in [6.45, 7) is 2.12. The first-order valence-electron chi connectivity index (χ1n) is 5.73. The monoisotopic (exact) mass is 263 g/mol. The van der Waals surface area contributed by atoms with Gasteiger partial charge < -0.3 is 10.1 Å². The van der Waals surface area contributed by atoms with E-state index in [4.69, 9.17) is 5.11 Å². The van der Waals surface area contributed by atoms with Gasteiger partial charge in [-0.05, 0) is 16.3 Å². The molecule has 2 aromatic heterocycles. The van der Waals surface area contributed by atoms with Crippen molar-refractivity contribution in [2.75, 3.05) is 0 Å². The number of pyridine rings is 1. The highest BCUT2D eigenvalue weighted by atomic mass is 16.4. The van der Waals surface area contributed by atoms with Gasteiger partial charge >= 0.3 is 5.97 Å². The molecule has 0 aliphatic heterocycles. The summed E-state index contributed by atoms with van der Waals surface area (Å²) in [5.74, 6) is -0.679. The number of nitrogens with zero attached hydrogens (tertiary/aromatic N) is 4. The molecule has 2 rings (SSSR count). The van der Waals surface area contributed by atoms with E-state index in [2.05, 4.69) is 20.5 Å². The maximum absolute atomic E-state index is 11.7. The van der Waals surface area contributed by atoms with Gasteiger partial charge in [0.2, 0.25) is 0 Å². The van der Waals surface area contributed by atoms with E-state index >= 15 is 0 Å². The first kappa shape index (κ1) is 12.9. The number of hydrogen-bond acceptors (Lipinski definition) is 5. The average Bonchev–Trinajstić information content (AvgIpc) is 2.76. The van der Waals surface area contributed by atoms with E-state index in [9.17, 15) is 9.59 Å². The van der Waals surface area contributed by atoms with Gasteiger partial charge in [-0.3, -0.25) is 9.59 Å². The quantitative estimate of drug-likeness (QED) is 0.793. The molecule has 0 saturated carbocycles. The summed E-state index contributed by atoms with van der Waals surface area (Å²) in [5.41, 5.74) is 0.163. The van der Waals surface area contributed by atoms with E-state index in [1.54, 1.807) is 6.92 Å². The third-order valence-electron chi connectivity index (χ3n) is 2.60. The molecule has 2 N–H and O–H groups in total. The minimum absolute atomic E-state index is 0.0183. The van der Waals surface area contributed by atoms with Crippen LogP contribution in [0.3, 0.4) is 0 Å². The third kappa shape index (κ3) is 3.03. The number of tetrazole rings is 1. The van der Waals surface area contributed by atoms with Gasteiger partial charge in [0.05, 0.1) is 5.56 Å². The summed E-state index contributed by atoms with van der Waals surface area (Å²) in [6, 6.07) is 1.38. The lowest BCUT2D eigenvalue weighted by Gasteiger charge is -2.09. The summed E-state index contributed by atoms with van der Waals surface area (Å²) in [7, 11) is 0. The fraction of sp³-hybridized carbons (Fsp3) is 0.364. The van der Waals surface area contributed by atoms with Crippen LogP contribution in [0.2, 0.25) is 0 Å². The van der Waals surface area contributed by atoms with Crippen LogP contribution in [0.25, 0.3) is 11.4 Å². The zero-order chi connectivity index (χ0) is 13.8. The zero-order valence-electron chi connectivity index (χ0n) is 10.3. The smallest absolute Gasteiger partial charge is 0.303 e. The van der Waals surface area contributed by atoms with Crippen molar-refractivity contribution in [1.29, 1.82) is 0 Å². The van der Waals surface area contributed by atoms with Gasteiger partial charge in [0.1, 0.15) is 0 Å². The number of nitrogens with one attached hydrogen (secondary N) is 1. The van der Waals surface area contributed by atoms with Crippen molar-refractivity contribution in [3.8, 4) is 11.4 Å². The molecule has 0 aliphatic rings. The number of aliphatic carboxylic acids is 1. The van der Waals surface area contributed by atoms with Crippen LogP contribution in [0.4, 0.5) is 0 Å². The van der Waals surface area contributed by atoms with Crippen molar-refractivity contribution in [2.45, 2.75) is 19.9 Å². The van der Waals surface area contributed by atoms with E-state index in [1.807, 2.05) is 0 Å². The number of H-pyrrole nitrogens is 1. The molecule has 0 fully saturated rings. The molecule has 0 aromatic carbocycles. The van der Waals surface area contributed by atoms with Crippen molar-refractivity contribution in [2.24, 2.45) is 5.92 Å². The van der Waals surface area contributed by atoms with Gasteiger partial charge in [-0.1, -0.05) is 6.92 Å². The van der Waals surface area contributed by atoms with Crippen molar-refractivity contribution in [3.63, 3.8) is 0 Å². The van der Waals surface area contributed by atoms with Crippen LogP contribution in [-0.4, -0.2) is 36.3 Å². The Morgan fingerprint density at radius 3 is 3.05 bits per heavy atom. The maximum Gasteiger partial charge on any atom is 0.303 e.